The first-order valence-electron chi connectivity index (χ1n) is 4.46. The maximum absolute atomic E-state index is 11.6. The average Bonchev–Trinajstić information content (AvgIpc) is 2.53. The minimum absolute atomic E-state index is 0.0169. The fourth-order valence-corrected chi connectivity index (χ4v) is 2.64. The van der Waals surface area contributed by atoms with E-state index in [1.165, 1.54) is 6.20 Å². The van der Waals surface area contributed by atoms with Gasteiger partial charge in [-0.25, -0.2) is 13.4 Å². The first-order chi connectivity index (χ1) is 7.60. The summed E-state index contributed by atoms with van der Waals surface area (Å²) in [6.07, 6.45) is 1.26. The third kappa shape index (κ3) is 2.17. The topological polar surface area (TPSA) is 55.7 Å². The number of benzene rings is 1. The maximum Gasteiger partial charge on any atom is 0.231 e. The molecule has 0 spiro atoms. The molecule has 1 aliphatic rings. The van der Waals surface area contributed by atoms with Crippen LogP contribution in [0.4, 0.5) is 0 Å². The van der Waals surface area contributed by atoms with Crippen LogP contribution in [-0.4, -0.2) is 20.1 Å². The summed E-state index contributed by atoms with van der Waals surface area (Å²) in [7, 11) is -3.43. The maximum atomic E-state index is 11.6. The average molecular weight is 302 g/mol. The predicted octanol–water partition coefficient (Wildman–Crippen LogP) is 2.09. The van der Waals surface area contributed by atoms with Gasteiger partial charge in [0.25, 0.3) is 0 Å². The van der Waals surface area contributed by atoms with E-state index < -0.39 is 9.84 Å². The molecule has 84 valence electrons. The minimum Gasteiger partial charge on any atom is -0.487 e. The minimum atomic E-state index is -3.43. The normalized spacial score (nSPS) is 17.8. The standard InChI is InChI=1S/C10H8BrNO3S/c11-9-6-12-10(16(9,13)14)7-15-8-4-2-1-3-5-8/h1-6H,7H2. The Kier molecular flexibility index (Phi) is 3.11. The highest BCUT2D eigenvalue weighted by molar-refractivity contribution is 9.14. The molecular weight excluding hydrogens is 294 g/mol. The number of hydrogen-bond acceptors (Lipinski definition) is 4. The van der Waals surface area contributed by atoms with Gasteiger partial charge in [-0.2, -0.15) is 0 Å². The summed E-state index contributed by atoms with van der Waals surface area (Å²) in [5.74, 6) is 0.614. The van der Waals surface area contributed by atoms with Crippen LogP contribution in [-0.2, 0) is 9.84 Å². The van der Waals surface area contributed by atoms with Gasteiger partial charge in [-0.1, -0.05) is 18.2 Å². The summed E-state index contributed by atoms with van der Waals surface area (Å²) in [5, 5.41) is 0.0169. The highest BCUT2D eigenvalue weighted by atomic mass is 79.9. The summed E-state index contributed by atoms with van der Waals surface area (Å²) in [6.45, 7) is -0.0576. The molecule has 0 bridgehead atoms. The molecule has 0 aromatic heterocycles. The Hall–Kier alpha value is -1.14. The molecule has 1 aromatic rings. The molecule has 0 saturated carbocycles. The van der Waals surface area contributed by atoms with E-state index in [4.69, 9.17) is 4.74 Å². The van der Waals surface area contributed by atoms with Crippen molar-refractivity contribution >= 4 is 30.8 Å². The number of hydrogen-bond donors (Lipinski definition) is 0. The number of nitrogens with zero attached hydrogens (tertiary/aromatic N) is 1. The predicted molar refractivity (Wildman–Crippen MR) is 65.3 cm³/mol. The highest BCUT2D eigenvalue weighted by Gasteiger charge is 2.28. The van der Waals surface area contributed by atoms with E-state index in [1.807, 2.05) is 18.2 Å². The van der Waals surface area contributed by atoms with Crippen molar-refractivity contribution in [2.45, 2.75) is 0 Å². The van der Waals surface area contributed by atoms with Crippen molar-refractivity contribution in [2.24, 2.45) is 4.99 Å². The van der Waals surface area contributed by atoms with Gasteiger partial charge in [-0.3, -0.25) is 0 Å². The second-order valence-electron chi connectivity index (χ2n) is 3.06. The molecular formula is C10H8BrNO3S. The van der Waals surface area contributed by atoms with Gasteiger partial charge in [0.1, 0.15) is 16.2 Å². The smallest absolute Gasteiger partial charge is 0.231 e. The van der Waals surface area contributed by atoms with Gasteiger partial charge in [0.15, 0.2) is 5.04 Å². The van der Waals surface area contributed by atoms with Gasteiger partial charge in [-0.05, 0) is 28.1 Å². The van der Waals surface area contributed by atoms with E-state index in [0.717, 1.165) is 0 Å². The zero-order valence-corrected chi connectivity index (χ0v) is 10.5. The van der Waals surface area contributed by atoms with E-state index in [9.17, 15) is 8.42 Å². The highest BCUT2D eigenvalue weighted by Crippen LogP contribution is 2.23. The lowest BCUT2D eigenvalue weighted by Crippen LogP contribution is -2.19. The van der Waals surface area contributed by atoms with Crippen molar-refractivity contribution in [3.8, 4) is 5.75 Å². The fraction of sp³-hybridized carbons (Fsp3) is 0.100. The van der Waals surface area contributed by atoms with E-state index in [1.54, 1.807) is 12.1 Å². The van der Waals surface area contributed by atoms with Crippen LogP contribution in [0.3, 0.4) is 0 Å². The molecule has 1 aromatic carbocycles. The van der Waals surface area contributed by atoms with E-state index in [0.29, 0.717) is 5.75 Å². The fourth-order valence-electron chi connectivity index (χ4n) is 1.15. The SMILES string of the molecule is O=S1(=O)C(Br)=CN=C1COc1ccccc1. The Morgan fingerprint density at radius 2 is 1.94 bits per heavy atom. The van der Waals surface area contributed by atoms with Crippen LogP contribution in [0.2, 0.25) is 0 Å². The van der Waals surface area contributed by atoms with Crippen LogP contribution >= 0.6 is 15.9 Å². The molecule has 1 aliphatic heterocycles. The number of rotatable bonds is 3. The molecule has 0 radical (unpaired) electrons. The Labute approximate surface area is 102 Å². The Morgan fingerprint density at radius 3 is 2.50 bits per heavy atom. The summed E-state index contributed by atoms with van der Waals surface area (Å²) in [4.78, 5) is 3.78. The number of sulfone groups is 1. The number of ether oxygens (including phenoxy) is 1. The zero-order valence-electron chi connectivity index (χ0n) is 8.13. The second kappa shape index (κ2) is 4.39. The van der Waals surface area contributed by atoms with Gasteiger partial charge in [0.05, 0.1) is 6.20 Å². The summed E-state index contributed by atoms with van der Waals surface area (Å²) >= 11 is 2.93. The van der Waals surface area contributed by atoms with Crippen LogP contribution in [0.1, 0.15) is 0 Å². The van der Waals surface area contributed by atoms with Crippen molar-refractivity contribution in [3.63, 3.8) is 0 Å². The van der Waals surface area contributed by atoms with Gasteiger partial charge in [-0.15, -0.1) is 0 Å². The van der Waals surface area contributed by atoms with E-state index >= 15 is 0 Å². The molecule has 6 heteroatoms. The third-order valence-corrected chi connectivity index (χ3v) is 4.93. The first-order valence-corrected chi connectivity index (χ1v) is 6.73. The molecule has 0 fully saturated rings. The Morgan fingerprint density at radius 1 is 1.25 bits per heavy atom. The van der Waals surface area contributed by atoms with Gasteiger partial charge in [0.2, 0.25) is 9.84 Å². The zero-order chi connectivity index (χ0) is 11.6. The Bertz CT molecular complexity index is 549. The molecule has 0 N–H and O–H groups in total. The summed E-state index contributed by atoms with van der Waals surface area (Å²) in [6, 6.07) is 8.99. The van der Waals surface area contributed by atoms with Crippen LogP contribution in [0.5, 0.6) is 5.75 Å². The quantitative estimate of drug-likeness (QED) is 0.859. The van der Waals surface area contributed by atoms with E-state index in [-0.39, 0.29) is 15.5 Å². The largest absolute Gasteiger partial charge is 0.487 e. The van der Waals surface area contributed by atoms with Crippen molar-refractivity contribution in [1.82, 2.24) is 0 Å². The van der Waals surface area contributed by atoms with Crippen molar-refractivity contribution in [3.05, 3.63) is 40.3 Å². The van der Waals surface area contributed by atoms with Crippen molar-refractivity contribution < 1.29 is 13.2 Å². The second-order valence-corrected chi connectivity index (χ2v) is 6.36. The summed E-state index contributed by atoms with van der Waals surface area (Å²) in [5.41, 5.74) is 0. The molecule has 1 heterocycles. The number of aliphatic imine (C=N–C) groups is 1. The molecule has 0 unspecified atom stereocenters. The van der Waals surface area contributed by atoms with Crippen LogP contribution in [0, 0.1) is 0 Å². The van der Waals surface area contributed by atoms with Crippen molar-refractivity contribution in [2.75, 3.05) is 6.61 Å². The van der Waals surface area contributed by atoms with Gasteiger partial charge >= 0.3 is 0 Å². The number of halogens is 1. The van der Waals surface area contributed by atoms with Gasteiger partial charge < -0.3 is 4.74 Å². The lowest BCUT2D eigenvalue weighted by Gasteiger charge is -2.05. The number of para-hydroxylation sites is 1. The van der Waals surface area contributed by atoms with E-state index in [2.05, 4.69) is 20.9 Å². The van der Waals surface area contributed by atoms with Crippen LogP contribution < -0.4 is 4.74 Å². The molecule has 2 rings (SSSR count). The lowest BCUT2D eigenvalue weighted by atomic mass is 10.3. The molecule has 4 nitrogen and oxygen atoms in total. The molecule has 16 heavy (non-hydrogen) atoms. The lowest BCUT2D eigenvalue weighted by molar-refractivity contribution is 0.378. The molecule has 0 saturated heterocycles. The monoisotopic (exact) mass is 301 g/mol. The van der Waals surface area contributed by atoms with Crippen LogP contribution in [0.25, 0.3) is 0 Å². The molecule has 0 amide bonds. The molecule has 0 atom stereocenters. The first kappa shape index (κ1) is 11.3. The third-order valence-electron chi connectivity index (χ3n) is 1.98. The molecule has 0 aliphatic carbocycles. The summed E-state index contributed by atoms with van der Waals surface area (Å²) < 4.78 is 28.6. The Balaban J connectivity index is 2.05. The van der Waals surface area contributed by atoms with Gasteiger partial charge in [0, 0.05) is 0 Å². The van der Waals surface area contributed by atoms with Crippen molar-refractivity contribution in [1.29, 1.82) is 0 Å². The van der Waals surface area contributed by atoms with Crippen LogP contribution in [0.15, 0.2) is 45.3 Å².